The molecule has 0 aliphatic carbocycles. The molecule has 0 bridgehead atoms. The molecule has 1 fully saturated rings. The second kappa shape index (κ2) is 8.84. The highest BCUT2D eigenvalue weighted by atomic mass is 16.2. The molecule has 3 rings (SSSR count). The number of amides is 2. The maximum Gasteiger partial charge on any atom is 0.252 e. The van der Waals surface area contributed by atoms with Crippen LogP contribution in [-0.4, -0.2) is 54.4 Å². The Labute approximate surface area is 165 Å². The Morgan fingerprint density at radius 2 is 1.96 bits per heavy atom. The summed E-state index contributed by atoms with van der Waals surface area (Å²) in [5, 5.41) is 3.02. The van der Waals surface area contributed by atoms with Crippen LogP contribution in [0.4, 0.5) is 11.5 Å². The van der Waals surface area contributed by atoms with Crippen molar-refractivity contribution in [2.45, 2.75) is 20.3 Å². The minimum absolute atomic E-state index is 0.0159. The number of carbonyl (C=O) groups excluding carboxylic acids is 2. The van der Waals surface area contributed by atoms with Crippen molar-refractivity contribution in [1.82, 2.24) is 9.88 Å². The van der Waals surface area contributed by atoms with Crippen LogP contribution in [0.5, 0.6) is 0 Å². The van der Waals surface area contributed by atoms with E-state index < -0.39 is 5.91 Å². The normalized spacial score (nSPS) is 15.1. The van der Waals surface area contributed by atoms with Crippen molar-refractivity contribution in [1.29, 1.82) is 0 Å². The zero-order valence-electron chi connectivity index (χ0n) is 16.4. The molecule has 0 unspecified atom stereocenters. The van der Waals surface area contributed by atoms with E-state index in [-0.39, 0.29) is 5.91 Å². The lowest BCUT2D eigenvalue weighted by Gasteiger charge is -2.24. The molecule has 0 atom stereocenters. The molecule has 28 heavy (non-hydrogen) atoms. The van der Waals surface area contributed by atoms with Crippen molar-refractivity contribution < 1.29 is 9.59 Å². The highest BCUT2D eigenvalue weighted by Gasteiger charge is 2.21. The molecule has 1 aliphatic rings. The van der Waals surface area contributed by atoms with Gasteiger partial charge in [0.2, 0.25) is 5.91 Å². The van der Waals surface area contributed by atoms with Gasteiger partial charge in [0.15, 0.2) is 0 Å². The average Bonchev–Trinajstić information content (AvgIpc) is 2.90. The predicted octanol–water partition coefficient (Wildman–Crippen LogP) is 1.95. The first kappa shape index (κ1) is 19.8. The molecule has 1 saturated heterocycles. The van der Waals surface area contributed by atoms with Gasteiger partial charge in [-0.25, -0.2) is 4.98 Å². The lowest BCUT2D eigenvalue weighted by molar-refractivity contribution is -0.117. The molecule has 0 saturated carbocycles. The molecule has 3 N–H and O–H groups in total. The van der Waals surface area contributed by atoms with Crippen molar-refractivity contribution in [3.63, 3.8) is 0 Å². The van der Waals surface area contributed by atoms with Gasteiger partial charge in [0.1, 0.15) is 5.82 Å². The topological polar surface area (TPSA) is 91.6 Å². The van der Waals surface area contributed by atoms with Crippen LogP contribution >= 0.6 is 0 Å². The first-order valence-electron chi connectivity index (χ1n) is 9.53. The third-order valence-electron chi connectivity index (χ3n) is 4.97. The van der Waals surface area contributed by atoms with Gasteiger partial charge in [0, 0.05) is 38.1 Å². The summed E-state index contributed by atoms with van der Waals surface area (Å²) in [5.41, 5.74) is 8.95. The maximum absolute atomic E-state index is 12.5. The number of hydrogen-bond donors (Lipinski definition) is 2. The van der Waals surface area contributed by atoms with Gasteiger partial charge in [-0.3, -0.25) is 14.5 Å². The van der Waals surface area contributed by atoms with Crippen LogP contribution in [-0.2, 0) is 4.79 Å². The van der Waals surface area contributed by atoms with Crippen LogP contribution in [0.3, 0.4) is 0 Å². The third-order valence-corrected chi connectivity index (χ3v) is 4.97. The summed E-state index contributed by atoms with van der Waals surface area (Å²) in [4.78, 5) is 32.7. The Kier molecular flexibility index (Phi) is 6.26. The summed E-state index contributed by atoms with van der Waals surface area (Å²) in [6, 6.07) is 9.45. The number of aryl methyl sites for hydroxylation is 2. The number of nitrogens with zero attached hydrogens (tertiary/aromatic N) is 3. The van der Waals surface area contributed by atoms with Gasteiger partial charge < -0.3 is 16.0 Å². The Bertz CT molecular complexity index is 868. The van der Waals surface area contributed by atoms with E-state index in [1.807, 2.05) is 32.0 Å². The third kappa shape index (κ3) is 4.86. The first-order valence-corrected chi connectivity index (χ1v) is 9.53. The summed E-state index contributed by atoms with van der Waals surface area (Å²) < 4.78 is 0. The number of primary amides is 1. The highest BCUT2D eigenvalue weighted by Crippen LogP contribution is 2.19. The van der Waals surface area contributed by atoms with Crippen LogP contribution in [0, 0.1) is 13.8 Å². The molecular formula is C21H27N5O2. The van der Waals surface area contributed by atoms with Crippen molar-refractivity contribution in [3.8, 4) is 0 Å². The van der Waals surface area contributed by atoms with Crippen molar-refractivity contribution in [2.24, 2.45) is 5.73 Å². The quantitative estimate of drug-likeness (QED) is 0.826. The number of benzene rings is 1. The van der Waals surface area contributed by atoms with Crippen molar-refractivity contribution in [3.05, 3.63) is 53.2 Å². The molecule has 0 radical (unpaired) electrons. The van der Waals surface area contributed by atoms with Crippen LogP contribution in [0.1, 0.15) is 27.9 Å². The number of rotatable bonds is 5. The monoisotopic (exact) mass is 381 g/mol. The van der Waals surface area contributed by atoms with Crippen molar-refractivity contribution >= 4 is 23.3 Å². The highest BCUT2D eigenvalue weighted by molar-refractivity contribution is 5.97. The molecular weight excluding hydrogens is 354 g/mol. The van der Waals surface area contributed by atoms with Gasteiger partial charge in [-0.1, -0.05) is 12.1 Å². The van der Waals surface area contributed by atoms with Gasteiger partial charge in [-0.15, -0.1) is 0 Å². The SMILES string of the molecule is Cc1ccc(C)c(NC(=O)CN2CCCN(c3ncccc3C(N)=O)CC2)c1. The van der Waals surface area contributed by atoms with E-state index in [9.17, 15) is 9.59 Å². The molecule has 1 aromatic carbocycles. The molecule has 2 heterocycles. The number of nitrogens with one attached hydrogen (secondary N) is 1. The van der Waals surface area contributed by atoms with E-state index in [0.29, 0.717) is 24.5 Å². The first-order chi connectivity index (χ1) is 13.4. The van der Waals surface area contributed by atoms with Crippen LogP contribution in [0.2, 0.25) is 0 Å². The minimum Gasteiger partial charge on any atom is -0.365 e. The number of nitrogens with two attached hydrogens (primary N) is 1. The number of aromatic nitrogens is 1. The molecule has 7 heteroatoms. The van der Waals surface area contributed by atoms with Crippen LogP contribution in [0.25, 0.3) is 0 Å². The van der Waals surface area contributed by atoms with Gasteiger partial charge >= 0.3 is 0 Å². The minimum atomic E-state index is -0.475. The zero-order chi connectivity index (χ0) is 20.1. The zero-order valence-corrected chi connectivity index (χ0v) is 16.4. The maximum atomic E-state index is 12.5. The largest absolute Gasteiger partial charge is 0.365 e. The summed E-state index contributed by atoms with van der Waals surface area (Å²) >= 11 is 0. The second-order valence-electron chi connectivity index (χ2n) is 7.22. The lowest BCUT2D eigenvalue weighted by atomic mass is 10.1. The number of carbonyl (C=O) groups is 2. The molecule has 0 spiro atoms. The summed E-state index contributed by atoms with van der Waals surface area (Å²) in [6.07, 6.45) is 2.55. The van der Waals surface area contributed by atoms with E-state index in [1.165, 1.54) is 0 Å². The second-order valence-corrected chi connectivity index (χ2v) is 7.22. The average molecular weight is 381 g/mol. The summed E-state index contributed by atoms with van der Waals surface area (Å²) in [5.74, 6) is 0.131. The summed E-state index contributed by atoms with van der Waals surface area (Å²) in [7, 11) is 0. The standard InChI is InChI=1S/C21H27N5O2/c1-15-6-7-16(2)18(13-15)24-19(27)14-25-9-4-10-26(12-11-25)21-17(20(22)28)5-3-8-23-21/h3,5-8,13H,4,9-12,14H2,1-2H3,(H2,22,28)(H,24,27). The number of hydrogen-bond acceptors (Lipinski definition) is 5. The molecule has 7 nitrogen and oxygen atoms in total. The van der Waals surface area contributed by atoms with Gasteiger partial charge in [0.05, 0.1) is 12.1 Å². The number of pyridine rings is 1. The Morgan fingerprint density at radius 3 is 2.75 bits per heavy atom. The summed E-state index contributed by atoms with van der Waals surface area (Å²) in [6.45, 7) is 7.33. The lowest BCUT2D eigenvalue weighted by Crippen LogP contribution is -2.37. The molecule has 1 aliphatic heterocycles. The molecule has 148 valence electrons. The van der Waals surface area contributed by atoms with E-state index in [0.717, 1.165) is 42.9 Å². The Morgan fingerprint density at radius 1 is 1.14 bits per heavy atom. The Hall–Kier alpha value is -2.93. The fourth-order valence-electron chi connectivity index (χ4n) is 3.45. The number of anilines is 2. The van der Waals surface area contributed by atoms with Gasteiger partial charge in [-0.2, -0.15) is 0 Å². The van der Waals surface area contributed by atoms with Crippen LogP contribution < -0.4 is 16.0 Å². The molecule has 2 aromatic rings. The fraction of sp³-hybridized carbons (Fsp3) is 0.381. The van der Waals surface area contributed by atoms with Gasteiger partial charge in [-0.05, 0) is 49.6 Å². The van der Waals surface area contributed by atoms with E-state index in [1.54, 1.807) is 18.3 Å². The van der Waals surface area contributed by atoms with Crippen LogP contribution in [0.15, 0.2) is 36.5 Å². The van der Waals surface area contributed by atoms with E-state index in [2.05, 4.69) is 20.1 Å². The molecule has 1 aromatic heterocycles. The van der Waals surface area contributed by atoms with E-state index >= 15 is 0 Å². The van der Waals surface area contributed by atoms with Gasteiger partial charge in [0.25, 0.3) is 5.91 Å². The predicted molar refractivity (Wildman–Crippen MR) is 111 cm³/mol. The smallest absolute Gasteiger partial charge is 0.252 e. The fourth-order valence-corrected chi connectivity index (χ4v) is 3.45. The Balaban J connectivity index is 1.60. The molecule has 2 amide bonds. The van der Waals surface area contributed by atoms with Crippen molar-refractivity contribution in [2.75, 3.05) is 42.9 Å². The van der Waals surface area contributed by atoms with E-state index in [4.69, 9.17) is 5.73 Å².